The molecule has 0 spiro atoms. The number of aliphatic hydroxyl groups excluding tert-OH is 1. The van der Waals surface area contributed by atoms with Crippen molar-refractivity contribution in [3.63, 3.8) is 0 Å². The molecule has 0 saturated carbocycles. The summed E-state index contributed by atoms with van der Waals surface area (Å²) < 4.78 is 0. The zero-order valence-corrected chi connectivity index (χ0v) is 13.0. The molecule has 0 saturated heterocycles. The lowest BCUT2D eigenvalue weighted by molar-refractivity contribution is 0.281. The number of likely N-dealkylation sites (N-methyl/N-ethyl adjacent to an activating group) is 1. The van der Waals surface area contributed by atoms with E-state index in [2.05, 4.69) is 28.7 Å². The van der Waals surface area contributed by atoms with Crippen LogP contribution in [0.2, 0.25) is 0 Å². The standard InChI is InChI=1S/C17H23N3O/c1-13(2)16-10-14(12-21)11-17(19-16)20(3)9-7-15-6-4-5-8-18-15/h4-6,8,10-11,13,21H,7,9,12H2,1-3H3. The van der Waals surface area contributed by atoms with E-state index in [-0.39, 0.29) is 6.61 Å². The summed E-state index contributed by atoms with van der Waals surface area (Å²) >= 11 is 0. The summed E-state index contributed by atoms with van der Waals surface area (Å²) in [5.41, 5.74) is 3.00. The van der Waals surface area contributed by atoms with Gasteiger partial charge in [-0.05, 0) is 35.7 Å². The van der Waals surface area contributed by atoms with Gasteiger partial charge in [0.1, 0.15) is 5.82 Å². The van der Waals surface area contributed by atoms with Crippen LogP contribution >= 0.6 is 0 Å². The van der Waals surface area contributed by atoms with Gasteiger partial charge in [-0.15, -0.1) is 0 Å². The molecule has 4 nitrogen and oxygen atoms in total. The maximum atomic E-state index is 9.40. The highest BCUT2D eigenvalue weighted by Crippen LogP contribution is 2.20. The Hall–Kier alpha value is -1.94. The van der Waals surface area contributed by atoms with Gasteiger partial charge >= 0.3 is 0 Å². The zero-order valence-electron chi connectivity index (χ0n) is 13.0. The van der Waals surface area contributed by atoms with Gasteiger partial charge in [-0.25, -0.2) is 4.98 Å². The van der Waals surface area contributed by atoms with Gasteiger partial charge in [-0.2, -0.15) is 0 Å². The Morgan fingerprint density at radius 2 is 2.05 bits per heavy atom. The average molecular weight is 285 g/mol. The van der Waals surface area contributed by atoms with E-state index in [0.717, 1.165) is 35.7 Å². The van der Waals surface area contributed by atoms with Gasteiger partial charge < -0.3 is 10.0 Å². The summed E-state index contributed by atoms with van der Waals surface area (Å²) in [4.78, 5) is 11.1. The molecule has 4 heteroatoms. The number of rotatable bonds is 6. The van der Waals surface area contributed by atoms with Gasteiger partial charge in [-0.3, -0.25) is 4.98 Å². The van der Waals surface area contributed by atoms with Crippen LogP contribution in [0.25, 0.3) is 0 Å². The molecule has 0 amide bonds. The molecule has 0 unspecified atom stereocenters. The number of hydrogen-bond donors (Lipinski definition) is 1. The van der Waals surface area contributed by atoms with E-state index in [4.69, 9.17) is 0 Å². The fraction of sp³-hybridized carbons (Fsp3) is 0.412. The molecule has 0 bridgehead atoms. The first-order valence-electron chi connectivity index (χ1n) is 7.33. The molecule has 2 aromatic heterocycles. The average Bonchev–Trinajstić information content (AvgIpc) is 2.53. The predicted molar refractivity (Wildman–Crippen MR) is 85.5 cm³/mol. The quantitative estimate of drug-likeness (QED) is 0.886. The van der Waals surface area contributed by atoms with Crippen molar-refractivity contribution in [1.29, 1.82) is 0 Å². The largest absolute Gasteiger partial charge is 0.392 e. The molecule has 1 N–H and O–H groups in total. The monoisotopic (exact) mass is 285 g/mol. The third-order valence-electron chi connectivity index (χ3n) is 3.49. The van der Waals surface area contributed by atoms with Crippen molar-refractivity contribution in [2.75, 3.05) is 18.5 Å². The van der Waals surface area contributed by atoms with Crippen molar-refractivity contribution >= 4 is 5.82 Å². The lowest BCUT2D eigenvalue weighted by Gasteiger charge is -2.20. The number of aliphatic hydroxyl groups is 1. The topological polar surface area (TPSA) is 49.2 Å². The summed E-state index contributed by atoms with van der Waals surface area (Å²) in [6, 6.07) is 9.88. The van der Waals surface area contributed by atoms with Gasteiger partial charge in [-0.1, -0.05) is 19.9 Å². The summed E-state index contributed by atoms with van der Waals surface area (Å²) in [5, 5.41) is 9.40. The molecule has 0 aliphatic rings. The van der Waals surface area contributed by atoms with E-state index in [1.165, 1.54) is 0 Å². The van der Waals surface area contributed by atoms with Gasteiger partial charge in [0.2, 0.25) is 0 Å². The lowest BCUT2D eigenvalue weighted by atomic mass is 10.1. The fourth-order valence-electron chi connectivity index (χ4n) is 2.12. The Labute approximate surface area is 126 Å². The molecule has 0 fully saturated rings. The molecular formula is C17H23N3O. The van der Waals surface area contributed by atoms with E-state index in [0.29, 0.717) is 5.92 Å². The van der Waals surface area contributed by atoms with Gasteiger partial charge in [0, 0.05) is 37.6 Å². The maximum Gasteiger partial charge on any atom is 0.128 e. The van der Waals surface area contributed by atoms with Crippen LogP contribution in [-0.2, 0) is 13.0 Å². The van der Waals surface area contributed by atoms with Gasteiger partial charge in [0.25, 0.3) is 0 Å². The van der Waals surface area contributed by atoms with Gasteiger partial charge in [0.15, 0.2) is 0 Å². The van der Waals surface area contributed by atoms with E-state index < -0.39 is 0 Å². The number of hydrogen-bond acceptors (Lipinski definition) is 4. The summed E-state index contributed by atoms with van der Waals surface area (Å²) in [5.74, 6) is 1.25. The van der Waals surface area contributed by atoms with Crippen LogP contribution in [0.5, 0.6) is 0 Å². The minimum Gasteiger partial charge on any atom is -0.392 e. The first kappa shape index (κ1) is 15.4. The number of anilines is 1. The Morgan fingerprint density at radius 3 is 2.67 bits per heavy atom. The molecule has 0 aromatic carbocycles. The third kappa shape index (κ3) is 4.26. The predicted octanol–water partition coefficient (Wildman–Crippen LogP) is 2.77. The Kier molecular flexibility index (Phi) is 5.28. The molecule has 2 aromatic rings. The second kappa shape index (κ2) is 7.18. The molecule has 0 aliphatic heterocycles. The van der Waals surface area contributed by atoms with Crippen LogP contribution in [-0.4, -0.2) is 28.7 Å². The van der Waals surface area contributed by atoms with Crippen LogP contribution in [0.1, 0.15) is 36.7 Å². The van der Waals surface area contributed by atoms with E-state index in [1.807, 2.05) is 43.6 Å². The highest BCUT2D eigenvalue weighted by molar-refractivity contribution is 5.42. The first-order valence-corrected chi connectivity index (χ1v) is 7.33. The van der Waals surface area contributed by atoms with Crippen LogP contribution in [0.3, 0.4) is 0 Å². The highest BCUT2D eigenvalue weighted by atomic mass is 16.3. The Balaban J connectivity index is 2.11. The molecule has 0 atom stereocenters. The van der Waals surface area contributed by atoms with E-state index in [9.17, 15) is 5.11 Å². The normalized spacial score (nSPS) is 10.9. The second-order valence-corrected chi connectivity index (χ2v) is 5.56. The summed E-state index contributed by atoms with van der Waals surface area (Å²) in [6.07, 6.45) is 2.69. The zero-order chi connectivity index (χ0) is 15.2. The lowest BCUT2D eigenvalue weighted by Crippen LogP contribution is -2.22. The SMILES string of the molecule is CC(C)c1cc(CO)cc(N(C)CCc2ccccn2)n1. The maximum absolute atomic E-state index is 9.40. The number of nitrogens with zero attached hydrogens (tertiary/aromatic N) is 3. The van der Waals surface area contributed by atoms with E-state index >= 15 is 0 Å². The van der Waals surface area contributed by atoms with Crippen LogP contribution in [0.4, 0.5) is 5.82 Å². The second-order valence-electron chi connectivity index (χ2n) is 5.56. The van der Waals surface area contributed by atoms with Crippen LogP contribution in [0.15, 0.2) is 36.5 Å². The molecule has 21 heavy (non-hydrogen) atoms. The smallest absolute Gasteiger partial charge is 0.128 e. The molecule has 2 rings (SSSR count). The Bertz CT molecular complexity index is 570. The summed E-state index contributed by atoms with van der Waals surface area (Å²) in [7, 11) is 2.02. The molecule has 0 radical (unpaired) electrons. The van der Waals surface area contributed by atoms with Crippen molar-refractivity contribution in [1.82, 2.24) is 9.97 Å². The van der Waals surface area contributed by atoms with Crippen molar-refractivity contribution in [2.24, 2.45) is 0 Å². The van der Waals surface area contributed by atoms with Crippen molar-refractivity contribution < 1.29 is 5.11 Å². The minimum absolute atomic E-state index is 0.0450. The van der Waals surface area contributed by atoms with Crippen LogP contribution < -0.4 is 4.90 Å². The number of aromatic nitrogens is 2. The molecule has 112 valence electrons. The van der Waals surface area contributed by atoms with Crippen LogP contribution in [0, 0.1) is 0 Å². The van der Waals surface area contributed by atoms with Crippen molar-refractivity contribution in [2.45, 2.75) is 32.8 Å². The highest BCUT2D eigenvalue weighted by Gasteiger charge is 2.09. The molecular weight excluding hydrogens is 262 g/mol. The third-order valence-corrected chi connectivity index (χ3v) is 3.49. The summed E-state index contributed by atoms with van der Waals surface area (Å²) in [6.45, 7) is 5.11. The molecule has 2 heterocycles. The molecule has 0 aliphatic carbocycles. The number of pyridine rings is 2. The fourth-order valence-corrected chi connectivity index (χ4v) is 2.12. The Morgan fingerprint density at radius 1 is 1.24 bits per heavy atom. The minimum atomic E-state index is 0.0450. The van der Waals surface area contributed by atoms with E-state index in [1.54, 1.807) is 0 Å². The van der Waals surface area contributed by atoms with Crippen molar-refractivity contribution in [3.8, 4) is 0 Å². The van der Waals surface area contributed by atoms with Gasteiger partial charge in [0.05, 0.1) is 6.61 Å². The van der Waals surface area contributed by atoms with Crippen molar-refractivity contribution in [3.05, 3.63) is 53.5 Å². The first-order chi connectivity index (χ1) is 10.1.